The van der Waals surface area contributed by atoms with E-state index in [4.69, 9.17) is 4.99 Å². The van der Waals surface area contributed by atoms with Crippen LogP contribution >= 0.6 is 24.0 Å². The van der Waals surface area contributed by atoms with E-state index in [1.165, 1.54) is 22.3 Å². The highest BCUT2D eigenvalue weighted by Crippen LogP contribution is 2.22. The van der Waals surface area contributed by atoms with Gasteiger partial charge in [-0.25, -0.2) is 4.99 Å². The van der Waals surface area contributed by atoms with Crippen LogP contribution in [0.2, 0.25) is 0 Å². The van der Waals surface area contributed by atoms with Gasteiger partial charge in [0.1, 0.15) is 0 Å². The van der Waals surface area contributed by atoms with E-state index in [0.717, 1.165) is 38.2 Å². The number of aliphatic imine (C=N–C) groups is 1. The maximum absolute atomic E-state index is 9.68. The number of aliphatic hydroxyl groups is 1. The molecule has 0 atom stereocenters. The Balaban J connectivity index is 0.00000280. The Labute approximate surface area is 185 Å². The second-order valence-electron chi connectivity index (χ2n) is 7.41. The number of nitrogens with zero attached hydrogens (tertiary/aromatic N) is 1. The lowest BCUT2D eigenvalue weighted by Gasteiger charge is -2.27. The van der Waals surface area contributed by atoms with Crippen molar-refractivity contribution in [2.24, 2.45) is 4.99 Å². The summed E-state index contributed by atoms with van der Waals surface area (Å²) in [7, 11) is 0. The molecule has 1 fully saturated rings. The van der Waals surface area contributed by atoms with Crippen LogP contribution in [-0.2, 0) is 6.54 Å². The minimum Gasteiger partial charge on any atom is -0.393 e. The molecule has 152 valence electrons. The smallest absolute Gasteiger partial charge is 0.191 e. The second-order valence-corrected chi connectivity index (χ2v) is 7.41. The lowest BCUT2D eigenvalue weighted by Crippen LogP contribution is -2.45. The van der Waals surface area contributed by atoms with Gasteiger partial charge in [0, 0.05) is 12.6 Å². The monoisotopic (exact) mass is 493 g/mol. The quantitative estimate of drug-likeness (QED) is 0.323. The fourth-order valence-electron chi connectivity index (χ4n) is 3.58. The molecule has 1 aliphatic carbocycles. The molecule has 3 rings (SSSR count). The molecule has 0 aromatic heterocycles. The zero-order valence-electron chi connectivity index (χ0n) is 16.8. The number of guanidine groups is 1. The van der Waals surface area contributed by atoms with Crippen molar-refractivity contribution in [3.63, 3.8) is 0 Å². The molecule has 5 heteroatoms. The maximum atomic E-state index is 9.68. The van der Waals surface area contributed by atoms with Crippen LogP contribution in [0.3, 0.4) is 0 Å². The van der Waals surface area contributed by atoms with E-state index in [-0.39, 0.29) is 30.1 Å². The highest BCUT2D eigenvalue weighted by Gasteiger charge is 2.19. The molecule has 0 aliphatic heterocycles. The second kappa shape index (κ2) is 11.4. The van der Waals surface area contributed by atoms with Crippen molar-refractivity contribution in [1.29, 1.82) is 0 Å². The highest BCUT2D eigenvalue weighted by molar-refractivity contribution is 14.0. The Morgan fingerprint density at radius 3 is 2.39 bits per heavy atom. The fourth-order valence-corrected chi connectivity index (χ4v) is 3.58. The number of aryl methyl sites for hydroxylation is 1. The molecule has 0 spiro atoms. The summed E-state index contributed by atoms with van der Waals surface area (Å²) in [6, 6.07) is 17.6. The molecule has 0 bridgehead atoms. The first kappa shape index (κ1) is 22.7. The van der Waals surface area contributed by atoms with E-state index in [0.29, 0.717) is 12.6 Å². The minimum atomic E-state index is -0.132. The molecule has 1 aliphatic rings. The fraction of sp³-hybridized carbons (Fsp3) is 0.435. The molecule has 3 N–H and O–H groups in total. The topological polar surface area (TPSA) is 56.7 Å². The SMILES string of the molecule is CCNC(=NCc1cccc(-c2cccc(C)c2)c1)NC1CCC(O)CC1.I. The van der Waals surface area contributed by atoms with Crippen molar-refractivity contribution in [3.05, 3.63) is 59.7 Å². The molecule has 4 nitrogen and oxygen atoms in total. The van der Waals surface area contributed by atoms with Crippen molar-refractivity contribution >= 4 is 29.9 Å². The van der Waals surface area contributed by atoms with Crippen LogP contribution in [0.4, 0.5) is 0 Å². The molecule has 0 saturated heterocycles. The van der Waals surface area contributed by atoms with Gasteiger partial charge >= 0.3 is 0 Å². The summed E-state index contributed by atoms with van der Waals surface area (Å²) < 4.78 is 0. The van der Waals surface area contributed by atoms with Gasteiger partial charge in [-0.3, -0.25) is 0 Å². The molecular formula is C23H32IN3O. The molecule has 2 aromatic rings. The summed E-state index contributed by atoms with van der Waals surface area (Å²) in [4.78, 5) is 4.78. The van der Waals surface area contributed by atoms with Crippen molar-refractivity contribution < 1.29 is 5.11 Å². The Kier molecular flexibility index (Phi) is 9.25. The lowest BCUT2D eigenvalue weighted by molar-refractivity contribution is 0.120. The van der Waals surface area contributed by atoms with Crippen molar-refractivity contribution in [3.8, 4) is 11.1 Å². The number of halogens is 1. The Morgan fingerprint density at radius 1 is 1.04 bits per heavy atom. The molecule has 0 heterocycles. The summed E-state index contributed by atoms with van der Waals surface area (Å²) in [5.41, 5.74) is 4.94. The van der Waals surface area contributed by atoms with E-state index in [2.05, 4.69) is 73.0 Å². The summed E-state index contributed by atoms with van der Waals surface area (Å²) in [6.45, 7) is 5.69. The van der Waals surface area contributed by atoms with Gasteiger partial charge in [0.05, 0.1) is 12.6 Å². The number of rotatable bonds is 5. The van der Waals surface area contributed by atoms with Gasteiger partial charge in [0.15, 0.2) is 5.96 Å². The van der Waals surface area contributed by atoms with Crippen LogP contribution in [0.15, 0.2) is 53.5 Å². The average molecular weight is 493 g/mol. The van der Waals surface area contributed by atoms with E-state index < -0.39 is 0 Å². The molecule has 2 aromatic carbocycles. The van der Waals surface area contributed by atoms with Crippen LogP contribution in [0.1, 0.15) is 43.7 Å². The van der Waals surface area contributed by atoms with Gasteiger partial charge in [-0.1, -0.05) is 48.0 Å². The third-order valence-electron chi connectivity index (χ3n) is 5.08. The first-order valence-electron chi connectivity index (χ1n) is 10.0. The van der Waals surface area contributed by atoms with Gasteiger partial charge in [-0.15, -0.1) is 24.0 Å². The van der Waals surface area contributed by atoms with E-state index >= 15 is 0 Å². The van der Waals surface area contributed by atoms with Crippen LogP contribution in [0.25, 0.3) is 11.1 Å². The predicted octanol–water partition coefficient (Wildman–Crippen LogP) is 4.64. The van der Waals surface area contributed by atoms with E-state index in [1.54, 1.807) is 0 Å². The highest BCUT2D eigenvalue weighted by atomic mass is 127. The maximum Gasteiger partial charge on any atom is 0.191 e. The van der Waals surface area contributed by atoms with Crippen LogP contribution in [0, 0.1) is 6.92 Å². The molecule has 0 amide bonds. The molecule has 1 saturated carbocycles. The number of hydrogen-bond donors (Lipinski definition) is 3. The standard InChI is InChI=1S/C23H31N3O.HI/c1-3-24-23(26-21-10-12-22(27)13-11-21)25-16-18-7-5-9-20(15-18)19-8-4-6-17(2)14-19;/h4-9,14-15,21-22,27H,3,10-13,16H2,1-2H3,(H2,24,25,26);1H. The van der Waals surface area contributed by atoms with Gasteiger partial charge in [-0.2, -0.15) is 0 Å². The summed E-state index contributed by atoms with van der Waals surface area (Å²) in [5.74, 6) is 0.861. The minimum absolute atomic E-state index is 0. The van der Waals surface area contributed by atoms with E-state index in [1.807, 2.05) is 0 Å². The lowest BCUT2D eigenvalue weighted by atomic mass is 9.93. The summed E-state index contributed by atoms with van der Waals surface area (Å²) in [6.07, 6.45) is 3.60. The molecule has 0 unspecified atom stereocenters. The molecule has 0 radical (unpaired) electrons. The predicted molar refractivity (Wildman–Crippen MR) is 128 cm³/mol. The van der Waals surface area contributed by atoms with Crippen LogP contribution in [-0.4, -0.2) is 29.8 Å². The van der Waals surface area contributed by atoms with Gasteiger partial charge < -0.3 is 15.7 Å². The summed E-state index contributed by atoms with van der Waals surface area (Å²) in [5, 5.41) is 16.6. The first-order valence-corrected chi connectivity index (χ1v) is 10.0. The van der Waals surface area contributed by atoms with Crippen LogP contribution in [0.5, 0.6) is 0 Å². The summed E-state index contributed by atoms with van der Waals surface area (Å²) >= 11 is 0. The van der Waals surface area contributed by atoms with Crippen molar-refractivity contribution in [2.45, 2.75) is 58.2 Å². The third-order valence-corrected chi connectivity index (χ3v) is 5.08. The Morgan fingerprint density at radius 2 is 1.71 bits per heavy atom. The number of hydrogen-bond acceptors (Lipinski definition) is 2. The van der Waals surface area contributed by atoms with E-state index in [9.17, 15) is 5.11 Å². The Bertz CT molecular complexity index is 770. The van der Waals surface area contributed by atoms with Gasteiger partial charge in [-0.05, 0) is 62.3 Å². The van der Waals surface area contributed by atoms with Crippen molar-refractivity contribution in [2.75, 3.05) is 6.54 Å². The van der Waals surface area contributed by atoms with Gasteiger partial charge in [0.25, 0.3) is 0 Å². The Hall–Kier alpha value is -1.60. The number of benzene rings is 2. The average Bonchev–Trinajstić information content (AvgIpc) is 2.68. The first-order chi connectivity index (χ1) is 13.1. The normalized spacial score (nSPS) is 19.6. The zero-order valence-corrected chi connectivity index (χ0v) is 19.1. The molecular weight excluding hydrogens is 461 g/mol. The molecule has 28 heavy (non-hydrogen) atoms. The van der Waals surface area contributed by atoms with Crippen molar-refractivity contribution in [1.82, 2.24) is 10.6 Å². The number of nitrogens with one attached hydrogen (secondary N) is 2. The van der Waals surface area contributed by atoms with Gasteiger partial charge in [0.2, 0.25) is 0 Å². The van der Waals surface area contributed by atoms with Crippen LogP contribution < -0.4 is 10.6 Å². The zero-order chi connectivity index (χ0) is 19.1. The number of aliphatic hydroxyl groups excluding tert-OH is 1. The largest absolute Gasteiger partial charge is 0.393 e. The third kappa shape index (κ3) is 6.78.